The normalized spacial score (nSPS) is 17.1. The number of aromatic nitrogens is 1. The third-order valence-electron chi connectivity index (χ3n) is 5.40. The highest BCUT2D eigenvalue weighted by atomic mass is 35.5. The van der Waals surface area contributed by atoms with Gasteiger partial charge in [-0.2, -0.15) is 0 Å². The van der Waals surface area contributed by atoms with E-state index in [9.17, 15) is 23.2 Å². The van der Waals surface area contributed by atoms with Crippen molar-refractivity contribution in [3.05, 3.63) is 93.9 Å². The molecule has 3 aromatic rings. The Balaban J connectivity index is 1.47. The van der Waals surface area contributed by atoms with Crippen LogP contribution in [-0.2, 0) is 16.0 Å². The van der Waals surface area contributed by atoms with Gasteiger partial charge in [0.2, 0.25) is 11.8 Å². The van der Waals surface area contributed by atoms with Crippen LogP contribution in [0.3, 0.4) is 0 Å². The molecule has 33 heavy (non-hydrogen) atoms. The van der Waals surface area contributed by atoms with Gasteiger partial charge in [-0.15, -0.1) is 0 Å². The Morgan fingerprint density at radius 3 is 2.39 bits per heavy atom. The molecule has 1 N–H and O–H groups in total. The molecule has 2 amide bonds. The maximum absolute atomic E-state index is 14.2. The lowest BCUT2D eigenvalue weighted by Gasteiger charge is -2.23. The predicted octanol–water partition coefficient (Wildman–Crippen LogP) is 3.91. The van der Waals surface area contributed by atoms with Crippen molar-refractivity contribution in [1.82, 2.24) is 9.47 Å². The van der Waals surface area contributed by atoms with E-state index in [4.69, 9.17) is 11.6 Å². The SMILES string of the molecule is O=C(Nc1ccc(-n2ccccc2=O)cc1)[C@H]1CC(F)(F)CN1C(=O)Cc1ccc(Cl)cc1. The molecular weight excluding hydrogens is 452 g/mol. The molecule has 1 atom stereocenters. The van der Waals surface area contributed by atoms with Gasteiger partial charge in [-0.3, -0.25) is 19.0 Å². The smallest absolute Gasteiger partial charge is 0.267 e. The predicted molar refractivity (Wildman–Crippen MR) is 121 cm³/mol. The lowest BCUT2D eigenvalue weighted by Crippen LogP contribution is -2.44. The van der Waals surface area contributed by atoms with Gasteiger partial charge in [0.25, 0.3) is 11.5 Å². The minimum absolute atomic E-state index is 0.114. The van der Waals surface area contributed by atoms with Crippen molar-refractivity contribution in [3.8, 4) is 5.69 Å². The zero-order chi connectivity index (χ0) is 23.6. The molecule has 170 valence electrons. The molecule has 0 saturated carbocycles. The molecule has 6 nitrogen and oxygen atoms in total. The second-order valence-corrected chi connectivity index (χ2v) is 8.28. The van der Waals surface area contributed by atoms with Gasteiger partial charge in [-0.25, -0.2) is 8.78 Å². The molecule has 9 heteroatoms. The second-order valence-electron chi connectivity index (χ2n) is 7.85. The van der Waals surface area contributed by atoms with E-state index in [-0.39, 0.29) is 12.0 Å². The molecule has 1 aliphatic rings. The van der Waals surface area contributed by atoms with Crippen LogP contribution in [0, 0.1) is 0 Å². The van der Waals surface area contributed by atoms with Crippen LogP contribution in [-0.4, -0.2) is 39.8 Å². The second kappa shape index (κ2) is 9.15. The summed E-state index contributed by atoms with van der Waals surface area (Å²) >= 11 is 5.84. The highest BCUT2D eigenvalue weighted by molar-refractivity contribution is 6.30. The first-order valence-corrected chi connectivity index (χ1v) is 10.6. The van der Waals surface area contributed by atoms with Crippen LogP contribution < -0.4 is 10.9 Å². The van der Waals surface area contributed by atoms with Crippen molar-refractivity contribution in [2.75, 3.05) is 11.9 Å². The summed E-state index contributed by atoms with van der Waals surface area (Å²) in [5.41, 5.74) is 1.36. The number of hydrogen-bond acceptors (Lipinski definition) is 3. The van der Waals surface area contributed by atoms with Gasteiger partial charge >= 0.3 is 0 Å². The summed E-state index contributed by atoms with van der Waals surface area (Å²) in [5.74, 6) is -4.41. The number of anilines is 1. The average Bonchev–Trinajstić information content (AvgIpc) is 3.12. The fourth-order valence-electron chi connectivity index (χ4n) is 3.76. The van der Waals surface area contributed by atoms with E-state index in [1.54, 1.807) is 66.9 Å². The number of alkyl halides is 2. The first-order chi connectivity index (χ1) is 15.7. The minimum atomic E-state index is -3.16. The lowest BCUT2D eigenvalue weighted by molar-refractivity contribution is -0.136. The molecule has 1 aromatic heterocycles. The van der Waals surface area contributed by atoms with Crippen LogP contribution in [0.5, 0.6) is 0 Å². The van der Waals surface area contributed by atoms with Gasteiger partial charge in [-0.1, -0.05) is 29.8 Å². The van der Waals surface area contributed by atoms with Crippen molar-refractivity contribution < 1.29 is 18.4 Å². The van der Waals surface area contributed by atoms with E-state index in [1.807, 2.05) is 0 Å². The van der Waals surface area contributed by atoms with Gasteiger partial charge in [0.1, 0.15) is 6.04 Å². The molecular formula is C24H20ClF2N3O3. The number of nitrogens with zero attached hydrogens (tertiary/aromatic N) is 2. The fraction of sp³-hybridized carbons (Fsp3) is 0.208. The van der Waals surface area contributed by atoms with Gasteiger partial charge in [0.15, 0.2) is 0 Å². The van der Waals surface area contributed by atoms with Crippen molar-refractivity contribution in [3.63, 3.8) is 0 Å². The maximum Gasteiger partial charge on any atom is 0.267 e. The lowest BCUT2D eigenvalue weighted by atomic mass is 10.1. The number of likely N-dealkylation sites (tertiary alicyclic amines) is 1. The summed E-state index contributed by atoms with van der Waals surface area (Å²) in [6.07, 6.45) is 0.751. The van der Waals surface area contributed by atoms with Gasteiger partial charge in [0.05, 0.1) is 13.0 Å². The number of amides is 2. The highest BCUT2D eigenvalue weighted by Gasteiger charge is 2.49. The van der Waals surface area contributed by atoms with Crippen molar-refractivity contribution in [2.24, 2.45) is 0 Å². The van der Waals surface area contributed by atoms with E-state index < -0.39 is 36.7 Å². The number of benzene rings is 2. The monoisotopic (exact) mass is 471 g/mol. The van der Waals surface area contributed by atoms with E-state index in [2.05, 4.69) is 5.32 Å². The summed E-state index contributed by atoms with van der Waals surface area (Å²) in [6.45, 7) is -0.812. The van der Waals surface area contributed by atoms with Gasteiger partial charge < -0.3 is 10.2 Å². The topological polar surface area (TPSA) is 71.4 Å². The van der Waals surface area contributed by atoms with E-state index in [0.717, 1.165) is 4.90 Å². The van der Waals surface area contributed by atoms with Crippen molar-refractivity contribution >= 4 is 29.1 Å². The number of carbonyl (C=O) groups excluding carboxylic acids is 2. The van der Waals surface area contributed by atoms with Crippen molar-refractivity contribution in [2.45, 2.75) is 24.8 Å². The van der Waals surface area contributed by atoms with Gasteiger partial charge in [0, 0.05) is 35.1 Å². The van der Waals surface area contributed by atoms with Crippen LogP contribution in [0.25, 0.3) is 5.69 Å². The minimum Gasteiger partial charge on any atom is -0.324 e. The summed E-state index contributed by atoms with van der Waals surface area (Å²) in [6, 6.07) is 16.4. The largest absolute Gasteiger partial charge is 0.324 e. The highest BCUT2D eigenvalue weighted by Crippen LogP contribution is 2.33. The number of carbonyl (C=O) groups is 2. The molecule has 0 radical (unpaired) electrons. The quantitative estimate of drug-likeness (QED) is 0.613. The van der Waals surface area contributed by atoms with Gasteiger partial charge in [-0.05, 0) is 48.0 Å². The molecule has 1 saturated heterocycles. The molecule has 1 aliphatic heterocycles. The molecule has 4 rings (SSSR count). The van der Waals surface area contributed by atoms with Crippen LogP contribution in [0.2, 0.25) is 5.02 Å². The molecule has 1 fully saturated rings. The van der Waals surface area contributed by atoms with Crippen LogP contribution >= 0.6 is 11.6 Å². The zero-order valence-electron chi connectivity index (χ0n) is 17.4. The Hall–Kier alpha value is -3.52. The molecule has 2 heterocycles. The summed E-state index contributed by atoms with van der Waals surface area (Å²) in [7, 11) is 0. The van der Waals surface area contributed by atoms with E-state index in [1.165, 1.54) is 10.6 Å². The summed E-state index contributed by atoms with van der Waals surface area (Å²) < 4.78 is 29.7. The van der Waals surface area contributed by atoms with Crippen LogP contribution in [0.1, 0.15) is 12.0 Å². The van der Waals surface area contributed by atoms with Crippen LogP contribution in [0.15, 0.2) is 77.7 Å². The zero-order valence-corrected chi connectivity index (χ0v) is 18.1. The maximum atomic E-state index is 14.2. The number of halogens is 3. The fourth-order valence-corrected chi connectivity index (χ4v) is 3.89. The summed E-state index contributed by atoms with van der Waals surface area (Å²) in [4.78, 5) is 38.4. The number of hydrogen-bond donors (Lipinski definition) is 1. The Labute approximate surface area is 193 Å². The van der Waals surface area contributed by atoms with E-state index >= 15 is 0 Å². The third-order valence-corrected chi connectivity index (χ3v) is 5.65. The average molecular weight is 472 g/mol. The number of pyridine rings is 1. The molecule has 2 aromatic carbocycles. The standard InChI is InChI=1S/C24H20ClF2N3O3/c25-17-6-4-16(5-7-17)13-22(32)30-15-24(26,27)14-20(30)23(33)28-18-8-10-19(11-9-18)29-12-2-1-3-21(29)31/h1-12,20H,13-15H2,(H,28,33)/t20-/m1/s1. The molecule has 0 aliphatic carbocycles. The molecule has 0 bridgehead atoms. The molecule has 0 unspecified atom stereocenters. The Morgan fingerprint density at radius 2 is 1.73 bits per heavy atom. The summed E-state index contributed by atoms with van der Waals surface area (Å²) in [5, 5.41) is 3.10. The first-order valence-electron chi connectivity index (χ1n) is 10.2. The van der Waals surface area contributed by atoms with Crippen LogP contribution in [0.4, 0.5) is 14.5 Å². The number of rotatable bonds is 5. The Morgan fingerprint density at radius 1 is 1.03 bits per heavy atom. The van der Waals surface area contributed by atoms with Crippen molar-refractivity contribution in [1.29, 1.82) is 0 Å². The Bertz CT molecular complexity index is 1230. The molecule has 0 spiro atoms. The van der Waals surface area contributed by atoms with E-state index in [0.29, 0.717) is 22.0 Å². The first kappa shape index (κ1) is 22.7. The third kappa shape index (κ3) is 5.28. The number of nitrogens with one attached hydrogen (secondary N) is 1. The Kier molecular flexibility index (Phi) is 6.29.